The molecule has 0 aliphatic carbocycles. The molecule has 0 saturated heterocycles. The minimum Gasteiger partial charge on any atom is -0.366 e. The van der Waals surface area contributed by atoms with Crippen LogP contribution in [0.15, 0.2) is 0 Å². The Morgan fingerprint density at radius 3 is 2.17 bits per heavy atom. The molecular weight excluding hydrogens is 101 g/mol. The summed E-state index contributed by atoms with van der Waals surface area (Å²) in [6, 6.07) is 0.316. The molecule has 0 saturated carbocycles. The van der Waals surface area contributed by atoms with E-state index in [0.717, 1.165) is 0 Å². The van der Waals surface area contributed by atoms with E-state index in [0.29, 0.717) is 12.7 Å². The van der Waals surface area contributed by atoms with Crippen molar-refractivity contribution in [1.29, 1.82) is 0 Å². The van der Waals surface area contributed by atoms with Gasteiger partial charge in [0.25, 0.3) is 0 Å². The third kappa shape index (κ3) is 8.88. The second-order valence-corrected chi connectivity index (χ2v) is 0.820. The van der Waals surface area contributed by atoms with Crippen LogP contribution in [-0.4, -0.2) is 12.7 Å². The number of ether oxygens (including phenoxy) is 1. The molecule has 0 atom stereocenters. The molecule has 0 rings (SSSR count). The predicted molar refractivity (Wildman–Crippen MR) is 27.4 cm³/mol. The first-order chi connectivity index (χ1) is 2.41. The van der Waals surface area contributed by atoms with Crippen LogP contribution in [0, 0.1) is 0 Å². The van der Waals surface area contributed by atoms with E-state index in [1.54, 1.807) is 0 Å². The second kappa shape index (κ2) is 8.96. The minimum atomic E-state index is 0. The quantitative estimate of drug-likeness (QED) is 0.547. The molecule has 0 aliphatic rings. The lowest BCUT2D eigenvalue weighted by Crippen LogP contribution is -1.81. The Kier molecular flexibility index (Phi) is 14.2. The zero-order chi connectivity index (χ0) is 4.12. The Labute approximate surface area is 43.0 Å². The molecule has 40 valence electrons. The molecule has 0 aliphatic heterocycles. The van der Waals surface area contributed by atoms with E-state index >= 15 is 0 Å². The van der Waals surface area contributed by atoms with Crippen LogP contribution >= 0.6 is 11.6 Å². The summed E-state index contributed by atoms with van der Waals surface area (Å²) in [5.41, 5.74) is 0. The normalized spacial score (nSPS) is 7.00. The average Bonchev–Trinajstić information content (AvgIpc) is 1.41. The molecule has 3 heteroatoms. The fraction of sp³-hybridized carbons (Fsp3) is 1.00. The van der Waals surface area contributed by atoms with Gasteiger partial charge in [0.2, 0.25) is 0 Å². The monoisotopic (exact) mass is 111 g/mol. The maximum atomic E-state index is 5.08. The molecule has 6 heavy (non-hydrogen) atoms. The first-order valence-corrected chi connectivity index (χ1v) is 2.09. The number of hydrogen-bond acceptors (Lipinski definition) is 2. The van der Waals surface area contributed by atoms with Gasteiger partial charge < -0.3 is 10.9 Å². The summed E-state index contributed by atoms with van der Waals surface area (Å²) >= 11 is 5.08. The van der Waals surface area contributed by atoms with Crippen LogP contribution in [0.1, 0.15) is 6.92 Å². The highest BCUT2D eigenvalue weighted by Gasteiger charge is 1.66. The van der Waals surface area contributed by atoms with E-state index in [1.807, 2.05) is 6.92 Å². The maximum Gasteiger partial charge on any atom is 0.120 e. The maximum absolute atomic E-state index is 5.08. The molecule has 0 unspecified atom stereocenters. The zero-order valence-electron chi connectivity index (χ0n) is 3.91. The van der Waals surface area contributed by atoms with E-state index in [4.69, 9.17) is 11.6 Å². The average molecular weight is 112 g/mol. The van der Waals surface area contributed by atoms with Crippen molar-refractivity contribution < 1.29 is 4.74 Å². The van der Waals surface area contributed by atoms with Crippen molar-refractivity contribution in [3.8, 4) is 0 Å². The molecule has 0 bridgehead atoms. The van der Waals surface area contributed by atoms with Gasteiger partial charge in [-0.05, 0) is 6.92 Å². The smallest absolute Gasteiger partial charge is 0.120 e. The molecular formula is C3H10ClNO. The first-order valence-electron chi connectivity index (χ1n) is 1.55. The van der Waals surface area contributed by atoms with Crippen LogP contribution in [-0.2, 0) is 4.74 Å². The molecule has 0 spiro atoms. The van der Waals surface area contributed by atoms with Gasteiger partial charge in [0.1, 0.15) is 6.07 Å². The summed E-state index contributed by atoms with van der Waals surface area (Å²) in [5, 5.41) is 0. The van der Waals surface area contributed by atoms with E-state index in [2.05, 4.69) is 4.74 Å². The van der Waals surface area contributed by atoms with Gasteiger partial charge in [0, 0.05) is 6.61 Å². The summed E-state index contributed by atoms with van der Waals surface area (Å²) in [6.45, 7) is 2.62. The van der Waals surface area contributed by atoms with Gasteiger partial charge in [-0.2, -0.15) is 0 Å². The number of halogens is 1. The van der Waals surface area contributed by atoms with Gasteiger partial charge in [-0.15, -0.1) is 0 Å². The van der Waals surface area contributed by atoms with E-state index < -0.39 is 0 Å². The molecule has 0 aromatic heterocycles. The van der Waals surface area contributed by atoms with Crippen LogP contribution in [0.4, 0.5) is 0 Å². The summed E-state index contributed by atoms with van der Waals surface area (Å²) < 4.78 is 4.60. The van der Waals surface area contributed by atoms with Gasteiger partial charge in [-0.3, -0.25) is 0 Å². The fourth-order valence-corrected chi connectivity index (χ4v) is 0.231. The Morgan fingerprint density at radius 2 is 2.17 bits per heavy atom. The third-order valence-corrected chi connectivity index (χ3v) is 0.436. The largest absolute Gasteiger partial charge is 0.366 e. The Hall–Kier alpha value is 0.210. The van der Waals surface area contributed by atoms with Gasteiger partial charge in [-0.1, -0.05) is 11.6 Å². The van der Waals surface area contributed by atoms with E-state index in [-0.39, 0.29) is 6.15 Å². The molecule has 0 aromatic carbocycles. The van der Waals surface area contributed by atoms with Crippen molar-refractivity contribution in [2.45, 2.75) is 6.92 Å². The minimum absolute atomic E-state index is 0. The van der Waals surface area contributed by atoms with Crippen molar-refractivity contribution in [3.63, 3.8) is 0 Å². The molecule has 2 nitrogen and oxygen atoms in total. The summed E-state index contributed by atoms with van der Waals surface area (Å²) in [6.07, 6.45) is 0. The van der Waals surface area contributed by atoms with Crippen molar-refractivity contribution >= 4 is 11.6 Å². The Morgan fingerprint density at radius 1 is 1.67 bits per heavy atom. The summed E-state index contributed by atoms with van der Waals surface area (Å²) in [4.78, 5) is 0. The zero-order valence-corrected chi connectivity index (χ0v) is 4.66. The van der Waals surface area contributed by atoms with Crippen LogP contribution in [0.5, 0.6) is 0 Å². The Bertz CT molecular complexity index is 18.3. The fourth-order valence-electron chi connectivity index (χ4n) is 0.0772. The highest BCUT2D eigenvalue weighted by atomic mass is 35.5. The van der Waals surface area contributed by atoms with E-state index in [9.17, 15) is 0 Å². The highest BCUT2D eigenvalue weighted by molar-refractivity contribution is 6.17. The van der Waals surface area contributed by atoms with E-state index in [1.165, 1.54) is 0 Å². The predicted octanol–water partition coefficient (Wildman–Crippen LogP) is 1.38. The number of alkyl halides is 1. The van der Waals surface area contributed by atoms with Crippen LogP contribution in [0.25, 0.3) is 0 Å². The highest BCUT2D eigenvalue weighted by Crippen LogP contribution is 1.73. The number of hydrogen-bond donors (Lipinski definition) is 1. The summed E-state index contributed by atoms with van der Waals surface area (Å²) in [5.74, 6) is 0. The first kappa shape index (κ1) is 9.51. The molecule has 0 amide bonds. The number of rotatable bonds is 2. The third-order valence-electron chi connectivity index (χ3n) is 0.281. The topological polar surface area (TPSA) is 44.2 Å². The summed E-state index contributed by atoms with van der Waals surface area (Å²) in [7, 11) is 0. The molecule has 0 radical (unpaired) electrons. The Balaban J connectivity index is 0. The van der Waals surface area contributed by atoms with Crippen LogP contribution in [0.2, 0.25) is 0 Å². The molecule has 0 aromatic rings. The van der Waals surface area contributed by atoms with Crippen molar-refractivity contribution in [3.05, 3.63) is 0 Å². The molecule has 0 fully saturated rings. The van der Waals surface area contributed by atoms with Crippen molar-refractivity contribution in [2.24, 2.45) is 0 Å². The van der Waals surface area contributed by atoms with Gasteiger partial charge in [-0.25, -0.2) is 0 Å². The van der Waals surface area contributed by atoms with Gasteiger partial charge >= 0.3 is 0 Å². The van der Waals surface area contributed by atoms with Crippen LogP contribution in [0.3, 0.4) is 0 Å². The lowest BCUT2D eigenvalue weighted by Gasteiger charge is -1.84. The lowest BCUT2D eigenvalue weighted by molar-refractivity contribution is 0.195. The standard InChI is InChI=1S/C3H7ClO.H3N/c1-2-5-3-4;/h2-3H2,1H3;1H3. The van der Waals surface area contributed by atoms with Gasteiger partial charge in [0.15, 0.2) is 0 Å². The van der Waals surface area contributed by atoms with Crippen molar-refractivity contribution in [1.82, 2.24) is 6.15 Å². The second-order valence-electron chi connectivity index (χ2n) is 0.602. The van der Waals surface area contributed by atoms with Crippen LogP contribution < -0.4 is 6.15 Å². The SMILES string of the molecule is CCOCCl.N. The van der Waals surface area contributed by atoms with Gasteiger partial charge in [0.05, 0.1) is 0 Å². The molecule has 0 heterocycles. The van der Waals surface area contributed by atoms with Crippen molar-refractivity contribution in [2.75, 3.05) is 12.7 Å². The lowest BCUT2D eigenvalue weighted by atomic mass is 10.9. The molecule has 3 N–H and O–H groups in total.